The molecule has 4 nitrogen and oxygen atoms in total. The first kappa shape index (κ1) is 15.8. The third-order valence-electron chi connectivity index (χ3n) is 5.63. The summed E-state index contributed by atoms with van der Waals surface area (Å²) in [6, 6.07) is 1.13. The summed E-state index contributed by atoms with van der Waals surface area (Å²) in [4.78, 5) is 16.8. The van der Waals surface area contributed by atoms with Gasteiger partial charge in [0.15, 0.2) is 0 Å². The lowest BCUT2D eigenvalue weighted by molar-refractivity contribution is -0.152. The number of fused-ring (bicyclic) bond motifs is 1. The van der Waals surface area contributed by atoms with Crippen LogP contribution in [0.1, 0.15) is 52.9 Å². The Morgan fingerprint density at radius 3 is 2.55 bits per heavy atom. The van der Waals surface area contributed by atoms with Crippen LogP contribution >= 0.6 is 0 Å². The third kappa shape index (κ3) is 3.01. The van der Waals surface area contributed by atoms with Gasteiger partial charge in [0.05, 0.1) is 5.41 Å². The molecule has 0 aromatic carbocycles. The highest BCUT2D eigenvalue weighted by Crippen LogP contribution is 2.32. The van der Waals surface area contributed by atoms with E-state index in [1.165, 1.54) is 25.8 Å². The first-order valence-corrected chi connectivity index (χ1v) is 8.24. The minimum Gasteiger partial charge on any atom is -0.481 e. The number of hydrogen-bond donors (Lipinski definition) is 1. The standard InChI is InChI=1S/C16H30N2O2/c1-4-16(5-2,15(19)20)12-18-11-14-8-6-7-9-17(14)10-13(18)3/h13-14H,4-12H2,1-3H3,(H,19,20). The number of nitrogens with zero attached hydrogens (tertiary/aromatic N) is 2. The molecular formula is C16H30N2O2. The number of piperazine rings is 1. The van der Waals surface area contributed by atoms with Gasteiger partial charge >= 0.3 is 5.97 Å². The number of piperidine rings is 1. The molecule has 0 saturated carbocycles. The molecule has 1 N–H and O–H groups in total. The fraction of sp³-hybridized carbons (Fsp3) is 0.938. The van der Waals surface area contributed by atoms with E-state index >= 15 is 0 Å². The maximum absolute atomic E-state index is 11.7. The molecular weight excluding hydrogens is 252 g/mol. The van der Waals surface area contributed by atoms with Crippen molar-refractivity contribution in [2.75, 3.05) is 26.2 Å². The minimum atomic E-state index is -0.624. The first-order chi connectivity index (χ1) is 9.52. The molecule has 2 atom stereocenters. The average molecular weight is 282 g/mol. The van der Waals surface area contributed by atoms with Crippen molar-refractivity contribution in [2.45, 2.75) is 65.0 Å². The molecule has 0 bridgehead atoms. The van der Waals surface area contributed by atoms with Crippen LogP contribution in [-0.4, -0.2) is 59.1 Å². The molecule has 2 aliphatic heterocycles. The van der Waals surface area contributed by atoms with E-state index in [9.17, 15) is 9.90 Å². The molecule has 20 heavy (non-hydrogen) atoms. The third-order valence-corrected chi connectivity index (χ3v) is 5.63. The van der Waals surface area contributed by atoms with E-state index in [1.54, 1.807) is 0 Å². The summed E-state index contributed by atoms with van der Waals surface area (Å²) in [5.74, 6) is -0.624. The minimum absolute atomic E-state index is 0.473. The summed E-state index contributed by atoms with van der Waals surface area (Å²) in [7, 11) is 0. The molecule has 0 spiro atoms. The van der Waals surface area contributed by atoms with Crippen LogP contribution in [0.5, 0.6) is 0 Å². The van der Waals surface area contributed by atoms with Crippen molar-refractivity contribution in [3.63, 3.8) is 0 Å². The van der Waals surface area contributed by atoms with Gasteiger partial charge in [-0.15, -0.1) is 0 Å². The largest absolute Gasteiger partial charge is 0.481 e. The quantitative estimate of drug-likeness (QED) is 0.841. The maximum atomic E-state index is 11.7. The Morgan fingerprint density at radius 2 is 1.95 bits per heavy atom. The van der Waals surface area contributed by atoms with Gasteiger partial charge < -0.3 is 5.11 Å². The molecule has 0 radical (unpaired) electrons. The van der Waals surface area contributed by atoms with E-state index in [1.807, 2.05) is 13.8 Å². The Kier molecular flexibility index (Phi) is 5.08. The van der Waals surface area contributed by atoms with E-state index in [2.05, 4.69) is 16.7 Å². The van der Waals surface area contributed by atoms with Crippen molar-refractivity contribution in [2.24, 2.45) is 5.41 Å². The zero-order valence-corrected chi connectivity index (χ0v) is 13.3. The van der Waals surface area contributed by atoms with Gasteiger partial charge in [0.1, 0.15) is 0 Å². The number of aliphatic carboxylic acids is 1. The predicted octanol–water partition coefficient (Wildman–Crippen LogP) is 2.44. The fourth-order valence-corrected chi connectivity index (χ4v) is 3.87. The Hall–Kier alpha value is -0.610. The first-order valence-electron chi connectivity index (χ1n) is 8.24. The molecule has 2 saturated heterocycles. The molecule has 116 valence electrons. The molecule has 0 aromatic rings. The van der Waals surface area contributed by atoms with E-state index in [4.69, 9.17) is 0 Å². The van der Waals surface area contributed by atoms with Gasteiger partial charge in [0.2, 0.25) is 0 Å². The Morgan fingerprint density at radius 1 is 1.25 bits per heavy atom. The molecule has 0 amide bonds. The van der Waals surface area contributed by atoms with Crippen molar-refractivity contribution in [1.29, 1.82) is 0 Å². The van der Waals surface area contributed by atoms with E-state index in [0.717, 1.165) is 25.9 Å². The summed E-state index contributed by atoms with van der Waals surface area (Å²) in [5.41, 5.74) is -0.564. The summed E-state index contributed by atoms with van der Waals surface area (Å²) in [6.45, 7) is 10.4. The molecule has 0 aromatic heterocycles. The molecule has 2 aliphatic rings. The zero-order valence-electron chi connectivity index (χ0n) is 13.3. The van der Waals surface area contributed by atoms with Crippen LogP contribution in [-0.2, 0) is 4.79 Å². The fourth-order valence-electron chi connectivity index (χ4n) is 3.87. The summed E-state index contributed by atoms with van der Waals surface area (Å²) in [6.07, 6.45) is 5.37. The second kappa shape index (κ2) is 6.44. The average Bonchev–Trinajstić information content (AvgIpc) is 2.45. The lowest BCUT2D eigenvalue weighted by atomic mass is 9.81. The second-order valence-electron chi connectivity index (χ2n) is 6.72. The molecule has 2 fully saturated rings. The number of hydrogen-bond acceptors (Lipinski definition) is 3. The number of carboxylic acids is 1. The Balaban J connectivity index is 2.06. The van der Waals surface area contributed by atoms with Crippen molar-refractivity contribution in [3.8, 4) is 0 Å². The highest BCUT2D eigenvalue weighted by atomic mass is 16.4. The van der Waals surface area contributed by atoms with E-state index < -0.39 is 11.4 Å². The molecule has 4 heteroatoms. The SMILES string of the molecule is CCC(CC)(CN1CC2CCCCN2CC1C)C(=O)O. The number of carboxylic acid groups (broad SMARTS) is 1. The molecule has 0 aliphatic carbocycles. The van der Waals surface area contributed by atoms with E-state index in [0.29, 0.717) is 18.6 Å². The second-order valence-corrected chi connectivity index (χ2v) is 6.72. The smallest absolute Gasteiger partial charge is 0.310 e. The molecule has 2 heterocycles. The van der Waals surface area contributed by atoms with Crippen molar-refractivity contribution in [3.05, 3.63) is 0 Å². The van der Waals surface area contributed by atoms with Gasteiger partial charge in [-0.2, -0.15) is 0 Å². The van der Waals surface area contributed by atoms with Crippen molar-refractivity contribution in [1.82, 2.24) is 9.80 Å². The number of carbonyl (C=O) groups is 1. The Bertz CT molecular complexity index is 341. The van der Waals surface area contributed by atoms with Crippen LogP contribution in [0.25, 0.3) is 0 Å². The summed E-state index contributed by atoms with van der Waals surface area (Å²) >= 11 is 0. The van der Waals surface area contributed by atoms with Crippen molar-refractivity contribution < 1.29 is 9.90 Å². The highest BCUT2D eigenvalue weighted by molar-refractivity contribution is 5.74. The van der Waals surface area contributed by atoms with Crippen molar-refractivity contribution >= 4 is 5.97 Å². The Labute approximate surface area is 123 Å². The van der Waals surface area contributed by atoms with Gasteiger partial charge in [-0.3, -0.25) is 14.6 Å². The number of rotatable bonds is 5. The monoisotopic (exact) mass is 282 g/mol. The lowest BCUT2D eigenvalue weighted by Gasteiger charge is -2.49. The zero-order chi connectivity index (χ0) is 14.8. The maximum Gasteiger partial charge on any atom is 0.310 e. The predicted molar refractivity (Wildman–Crippen MR) is 80.9 cm³/mol. The summed E-state index contributed by atoms with van der Waals surface area (Å²) < 4.78 is 0. The topological polar surface area (TPSA) is 43.8 Å². The van der Waals surface area contributed by atoms with Crippen LogP contribution in [0.15, 0.2) is 0 Å². The highest BCUT2D eigenvalue weighted by Gasteiger charge is 2.41. The van der Waals surface area contributed by atoms with Gasteiger partial charge in [0, 0.05) is 31.7 Å². The normalized spacial score (nSPS) is 29.1. The van der Waals surface area contributed by atoms with Gasteiger partial charge in [-0.05, 0) is 39.2 Å². The lowest BCUT2D eigenvalue weighted by Crippen LogP contribution is -2.60. The van der Waals surface area contributed by atoms with Gasteiger partial charge in [0.25, 0.3) is 0 Å². The van der Waals surface area contributed by atoms with Crippen LogP contribution in [0.4, 0.5) is 0 Å². The van der Waals surface area contributed by atoms with Crippen LogP contribution < -0.4 is 0 Å². The molecule has 2 rings (SSSR count). The van der Waals surface area contributed by atoms with Gasteiger partial charge in [-0.1, -0.05) is 20.3 Å². The van der Waals surface area contributed by atoms with Gasteiger partial charge in [-0.25, -0.2) is 0 Å². The van der Waals surface area contributed by atoms with Crippen LogP contribution in [0.3, 0.4) is 0 Å². The van der Waals surface area contributed by atoms with E-state index in [-0.39, 0.29) is 0 Å². The van der Waals surface area contributed by atoms with Crippen LogP contribution in [0.2, 0.25) is 0 Å². The molecule has 2 unspecified atom stereocenters. The van der Waals surface area contributed by atoms with Crippen LogP contribution in [0, 0.1) is 5.41 Å². The summed E-state index contributed by atoms with van der Waals surface area (Å²) in [5, 5.41) is 9.64.